The largest absolute Gasteiger partial charge is 0.468 e. The van der Waals surface area contributed by atoms with Crippen LogP contribution in [0.2, 0.25) is 0 Å². The lowest BCUT2D eigenvalue weighted by Gasteiger charge is -2.04. The number of para-hydroxylation sites is 1. The van der Waals surface area contributed by atoms with Crippen LogP contribution >= 0.6 is 0 Å². The Hall–Kier alpha value is -2.52. The van der Waals surface area contributed by atoms with Crippen molar-refractivity contribution in [2.75, 3.05) is 13.7 Å². The molecular formula is C15H18N2O4. The standard InChI is InChI=1S/C7H5NO2.C6H11NO2.C2H2/c9-7-5-3-1-2-4-6(5)10-8-7;1-9-6(8)5-3-2-4-7-5;1-2/h1-4H,(H,8,9);5,7H,2-4H2,1H3;1-2H/t;5-;/m.0./s1. The van der Waals surface area contributed by atoms with Crippen LogP contribution in [0.4, 0.5) is 0 Å². The third kappa shape index (κ3) is 4.51. The summed E-state index contributed by atoms with van der Waals surface area (Å²) in [4.78, 5) is 21.6. The average molecular weight is 290 g/mol. The molecule has 0 amide bonds. The van der Waals surface area contributed by atoms with Crippen LogP contribution < -0.4 is 10.9 Å². The van der Waals surface area contributed by atoms with E-state index < -0.39 is 0 Å². The molecule has 0 spiro atoms. The molecule has 1 aliphatic rings. The highest BCUT2D eigenvalue weighted by Crippen LogP contribution is 2.06. The van der Waals surface area contributed by atoms with Crippen LogP contribution in [0.3, 0.4) is 0 Å². The molecule has 1 fully saturated rings. The van der Waals surface area contributed by atoms with Gasteiger partial charge < -0.3 is 14.6 Å². The van der Waals surface area contributed by atoms with Gasteiger partial charge in [0.25, 0.3) is 5.56 Å². The smallest absolute Gasteiger partial charge is 0.322 e. The second kappa shape index (κ2) is 8.61. The van der Waals surface area contributed by atoms with Gasteiger partial charge in [-0.15, -0.1) is 12.8 Å². The lowest BCUT2D eigenvalue weighted by atomic mass is 10.2. The van der Waals surface area contributed by atoms with E-state index in [2.05, 4.69) is 28.1 Å². The van der Waals surface area contributed by atoms with Crippen LogP contribution in [0.5, 0.6) is 0 Å². The number of fused-ring (bicyclic) bond motifs is 1. The molecule has 6 heteroatoms. The van der Waals surface area contributed by atoms with Crippen molar-refractivity contribution in [3.05, 3.63) is 34.6 Å². The number of benzene rings is 1. The van der Waals surface area contributed by atoms with E-state index in [9.17, 15) is 9.59 Å². The second-order valence-electron chi connectivity index (χ2n) is 4.20. The number of aromatic amines is 1. The predicted molar refractivity (Wildman–Crippen MR) is 79.8 cm³/mol. The van der Waals surface area contributed by atoms with E-state index >= 15 is 0 Å². The Morgan fingerprint density at radius 2 is 2.10 bits per heavy atom. The van der Waals surface area contributed by atoms with Gasteiger partial charge in [-0.05, 0) is 31.5 Å². The lowest BCUT2D eigenvalue weighted by Crippen LogP contribution is -2.31. The van der Waals surface area contributed by atoms with E-state index in [1.807, 2.05) is 6.07 Å². The average Bonchev–Trinajstić information content (AvgIpc) is 3.20. The molecule has 21 heavy (non-hydrogen) atoms. The summed E-state index contributed by atoms with van der Waals surface area (Å²) in [7, 11) is 1.42. The maximum Gasteiger partial charge on any atom is 0.322 e. The molecule has 1 aromatic carbocycles. The third-order valence-electron chi connectivity index (χ3n) is 2.93. The monoisotopic (exact) mass is 290 g/mol. The van der Waals surface area contributed by atoms with Crippen LogP contribution in [0, 0.1) is 12.8 Å². The van der Waals surface area contributed by atoms with Gasteiger partial charge in [0.15, 0.2) is 5.58 Å². The van der Waals surface area contributed by atoms with Gasteiger partial charge in [-0.1, -0.05) is 12.1 Å². The Kier molecular flexibility index (Phi) is 6.78. The second-order valence-corrected chi connectivity index (χ2v) is 4.20. The molecule has 0 saturated carbocycles. The molecule has 1 atom stereocenters. The molecule has 2 heterocycles. The van der Waals surface area contributed by atoms with Crippen LogP contribution in [0.25, 0.3) is 11.0 Å². The summed E-state index contributed by atoms with van der Waals surface area (Å²) in [5.74, 6) is -0.132. The van der Waals surface area contributed by atoms with Crippen molar-refractivity contribution >= 4 is 16.9 Å². The fraction of sp³-hybridized carbons (Fsp3) is 0.333. The van der Waals surface area contributed by atoms with Crippen molar-refractivity contribution in [3.8, 4) is 12.8 Å². The molecule has 0 bridgehead atoms. The van der Waals surface area contributed by atoms with Crippen LogP contribution in [0.15, 0.2) is 33.6 Å². The molecule has 112 valence electrons. The summed E-state index contributed by atoms with van der Waals surface area (Å²) in [6.45, 7) is 0.944. The molecule has 1 aromatic heterocycles. The number of esters is 1. The normalized spacial score (nSPS) is 16.2. The first kappa shape index (κ1) is 16.5. The van der Waals surface area contributed by atoms with Gasteiger partial charge in [0.05, 0.1) is 12.5 Å². The maximum absolute atomic E-state index is 10.8. The SMILES string of the molecule is C#C.COC(=O)[C@@H]1CCCN1.O=c1[nH]oc2ccccc12. The number of nitrogens with one attached hydrogen (secondary N) is 2. The van der Waals surface area contributed by atoms with Gasteiger partial charge in [-0.25, -0.2) is 0 Å². The van der Waals surface area contributed by atoms with Crippen molar-refractivity contribution in [1.29, 1.82) is 0 Å². The fourth-order valence-electron chi connectivity index (χ4n) is 1.93. The van der Waals surface area contributed by atoms with E-state index in [0.29, 0.717) is 11.0 Å². The Bertz CT molecular complexity index is 635. The van der Waals surface area contributed by atoms with E-state index in [1.165, 1.54) is 7.11 Å². The quantitative estimate of drug-likeness (QED) is 0.610. The highest BCUT2D eigenvalue weighted by atomic mass is 16.5. The maximum atomic E-state index is 10.8. The first-order valence-electron chi connectivity index (χ1n) is 6.43. The molecule has 3 rings (SSSR count). The van der Waals surface area contributed by atoms with E-state index in [0.717, 1.165) is 19.4 Å². The number of hydrogen-bond donors (Lipinski definition) is 2. The van der Waals surface area contributed by atoms with E-state index in [1.54, 1.807) is 18.2 Å². The van der Waals surface area contributed by atoms with Crippen molar-refractivity contribution in [1.82, 2.24) is 10.5 Å². The van der Waals surface area contributed by atoms with Gasteiger partial charge in [0.1, 0.15) is 6.04 Å². The Morgan fingerprint density at radius 1 is 1.38 bits per heavy atom. The summed E-state index contributed by atoms with van der Waals surface area (Å²) in [5.41, 5.74) is 0.433. The van der Waals surface area contributed by atoms with Crippen LogP contribution in [-0.2, 0) is 9.53 Å². The summed E-state index contributed by atoms with van der Waals surface area (Å²) in [6.07, 6.45) is 10.0. The van der Waals surface area contributed by atoms with Crippen molar-refractivity contribution in [3.63, 3.8) is 0 Å². The summed E-state index contributed by atoms with van der Waals surface area (Å²) < 4.78 is 9.34. The van der Waals surface area contributed by atoms with Gasteiger partial charge >= 0.3 is 5.97 Å². The molecule has 2 N–H and O–H groups in total. The minimum absolute atomic E-state index is 0.0324. The first-order chi connectivity index (χ1) is 10.2. The van der Waals surface area contributed by atoms with Gasteiger partial charge in [0.2, 0.25) is 0 Å². The Labute approximate surface area is 122 Å². The van der Waals surface area contributed by atoms with Gasteiger partial charge in [0, 0.05) is 0 Å². The summed E-state index contributed by atoms with van der Waals surface area (Å²) >= 11 is 0. The van der Waals surface area contributed by atoms with Crippen molar-refractivity contribution in [2.45, 2.75) is 18.9 Å². The molecule has 6 nitrogen and oxygen atoms in total. The Balaban J connectivity index is 0.000000189. The van der Waals surface area contributed by atoms with Gasteiger partial charge in [-0.2, -0.15) is 5.16 Å². The zero-order valence-electron chi connectivity index (χ0n) is 11.8. The number of ether oxygens (including phenoxy) is 1. The van der Waals surface area contributed by atoms with Crippen LogP contribution in [0.1, 0.15) is 12.8 Å². The highest BCUT2D eigenvalue weighted by molar-refractivity contribution is 5.76. The highest BCUT2D eigenvalue weighted by Gasteiger charge is 2.21. The zero-order chi connectivity index (χ0) is 15.7. The van der Waals surface area contributed by atoms with E-state index in [-0.39, 0.29) is 17.6 Å². The topological polar surface area (TPSA) is 84.3 Å². The number of terminal acetylenes is 1. The molecule has 0 unspecified atom stereocenters. The minimum atomic E-state index is -0.171. The molecule has 1 saturated heterocycles. The molecule has 0 aliphatic carbocycles. The number of carbonyl (C=O) groups excluding carboxylic acids is 1. The van der Waals surface area contributed by atoms with E-state index in [4.69, 9.17) is 4.52 Å². The van der Waals surface area contributed by atoms with Gasteiger partial charge in [-0.3, -0.25) is 9.59 Å². The van der Waals surface area contributed by atoms with Crippen LogP contribution in [-0.4, -0.2) is 30.8 Å². The zero-order valence-corrected chi connectivity index (χ0v) is 11.8. The first-order valence-corrected chi connectivity index (χ1v) is 6.43. The number of H-pyrrole nitrogens is 1. The molecular weight excluding hydrogens is 272 g/mol. The third-order valence-corrected chi connectivity index (χ3v) is 2.93. The summed E-state index contributed by atoms with van der Waals surface area (Å²) in [5, 5.41) is 5.88. The molecule has 1 aliphatic heterocycles. The number of methoxy groups -OCH3 is 1. The number of rotatable bonds is 1. The molecule has 2 aromatic rings. The number of carbonyl (C=O) groups is 1. The fourth-order valence-corrected chi connectivity index (χ4v) is 1.93. The molecule has 0 radical (unpaired) electrons. The van der Waals surface area contributed by atoms with Crippen molar-refractivity contribution in [2.24, 2.45) is 0 Å². The predicted octanol–water partition coefficient (Wildman–Crippen LogP) is 1.28. The summed E-state index contributed by atoms with van der Waals surface area (Å²) in [6, 6.07) is 7.05. The minimum Gasteiger partial charge on any atom is -0.468 e. The number of hydrogen-bond acceptors (Lipinski definition) is 5. The number of aromatic nitrogens is 1. The van der Waals surface area contributed by atoms with Crippen molar-refractivity contribution < 1.29 is 14.1 Å². The Morgan fingerprint density at radius 3 is 2.67 bits per heavy atom. The lowest BCUT2D eigenvalue weighted by molar-refractivity contribution is -0.142.